The lowest BCUT2D eigenvalue weighted by Gasteiger charge is -2.12. The second kappa shape index (κ2) is 8.56. The molecule has 2 aromatic rings. The Balaban J connectivity index is 1.93. The number of ether oxygens (including phenoxy) is 1. The largest absolute Gasteiger partial charge is 0.496 e. The van der Waals surface area contributed by atoms with Crippen LogP contribution in [0.1, 0.15) is 12.5 Å². The van der Waals surface area contributed by atoms with Crippen molar-refractivity contribution in [3.05, 3.63) is 64.7 Å². The molecule has 0 saturated heterocycles. The molecule has 0 bridgehead atoms. The molecule has 0 aliphatic rings. The van der Waals surface area contributed by atoms with E-state index in [4.69, 9.17) is 28.6 Å². The highest BCUT2D eigenvalue weighted by Crippen LogP contribution is 2.21. The van der Waals surface area contributed by atoms with Crippen molar-refractivity contribution >= 4 is 40.7 Å². The third-order valence-corrected chi connectivity index (χ3v) is 3.77. The predicted octanol–water partition coefficient (Wildman–Crippen LogP) is 4.74. The van der Waals surface area contributed by atoms with Gasteiger partial charge in [0.25, 0.3) is 0 Å². The number of methoxy groups -OCH3 is 1. The van der Waals surface area contributed by atoms with E-state index in [0.717, 1.165) is 22.6 Å². The fourth-order valence-corrected chi connectivity index (χ4v) is 2.42. The number of benzene rings is 2. The number of nitrogens with one attached hydrogen (secondary N) is 2. The van der Waals surface area contributed by atoms with Gasteiger partial charge in [0, 0.05) is 12.1 Å². The molecule has 120 valence electrons. The second-order valence-corrected chi connectivity index (χ2v) is 5.84. The predicted molar refractivity (Wildman–Crippen MR) is 102 cm³/mol. The quantitative estimate of drug-likeness (QED) is 0.766. The van der Waals surface area contributed by atoms with Gasteiger partial charge in [-0.3, -0.25) is 0 Å². The van der Waals surface area contributed by atoms with Crippen LogP contribution in [0.5, 0.6) is 5.75 Å². The van der Waals surface area contributed by atoms with Gasteiger partial charge < -0.3 is 15.4 Å². The van der Waals surface area contributed by atoms with E-state index < -0.39 is 0 Å². The van der Waals surface area contributed by atoms with Crippen LogP contribution in [0, 0.1) is 0 Å². The number of hydrogen-bond donors (Lipinski definition) is 2. The number of hydrogen-bond acceptors (Lipinski definition) is 2. The lowest BCUT2D eigenvalue weighted by atomic mass is 10.1. The van der Waals surface area contributed by atoms with Gasteiger partial charge in [0.15, 0.2) is 5.11 Å². The fourth-order valence-electron chi connectivity index (χ4n) is 2.05. The highest BCUT2D eigenvalue weighted by Gasteiger charge is 2.02. The Hall–Kier alpha value is -2.04. The van der Waals surface area contributed by atoms with Crippen LogP contribution in [0.3, 0.4) is 0 Å². The molecule has 0 fully saturated rings. The van der Waals surface area contributed by atoms with Gasteiger partial charge in [-0.05, 0) is 37.3 Å². The first-order valence-corrected chi connectivity index (χ1v) is 7.98. The van der Waals surface area contributed by atoms with Crippen molar-refractivity contribution in [2.75, 3.05) is 19.0 Å². The summed E-state index contributed by atoms with van der Waals surface area (Å²) in [6, 6.07) is 15.4. The third kappa shape index (κ3) is 5.27. The summed E-state index contributed by atoms with van der Waals surface area (Å²) in [6.07, 6.45) is 2.07. The minimum atomic E-state index is 0.533. The van der Waals surface area contributed by atoms with E-state index in [1.165, 1.54) is 0 Å². The molecule has 0 atom stereocenters. The average Bonchev–Trinajstić information content (AvgIpc) is 2.55. The van der Waals surface area contributed by atoms with Crippen LogP contribution in [-0.2, 0) is 0 Å². The van der Waals surface area contributed by atoms with Crippen molar-refractivity contribution < 1.29 is 4.74 Å². The highest BCUT2D eigenvalue weighted by molar-refractivity contribution is 7.80. The average molecular weight is 347 g/mol. The Bertz CT molecular complexity index is 716. The lowest BCUT2D eigenvalue weighted by molar-refractivity contribution is 0.414. The van der Waals surface area contributed by atoms with Crippen molar-refractivity contribution in [3.63, 3.8) is 0 Å². The maximum atomic E-state index is 6.10. The van der Waals surface area contributed by atoms with Crippen LogP contribution >= 0.6 is 23.8 Å². The zero-order valence-corrected chi connectivity index (χ0v) is 14.7. The number of para-hydroxylation sites is 2. The molecular weight excluding hydrogens is 328 g/mol. The van der Waals surface area contributed by atoms with Crippen LogP contribution in [0.2, 0.25) is 5.02 Å². The van der Waals surface area contributed by atoms with Crippen LogP contribution in [0.4, 0.5) is 5.69 Å². The molecule has 0 saturated carbocycles. The first-order chi connectivity index (χ1) is 11.1. The smallest absolute Gasteiger partial charge is 0.171 e. The van der Waals surface area contributed by atoms with Crippen LogP contribution in [0.15, 0.2) is 54.1 Å². The summed E-state index contributed by atoms with van der Waals surface area (Å²) in [5.41, 5.74) is 2.97. The molecule has 0 aliphatic carbocycles. The lowest BCUT2D eigenvalue weighted by Crippen LogP contribution is -2.29. The van der Waals surface area contributed by atoms with E-state index in [9.17, 15) is 0 Å². The molecule has 3 nitrogen and oxygen atoms in total. The van der Waals surface area contributed by atoms with Gasteiger partial charge in [-0.2, -0.15) is 0 Å². The first kappa shape index (κ1) is 17.3. The number of thiocarbonyl (C=S) groups is 1. The Morgan fingerprint density at radius 1 is 1.17 bits per heavy atom. The van der Waals surface area contributed by atoms with E-state index in [2.05, 4.69) is 16.7 Å². The molecule has 0 aromatic heterocycles. The zero-order valence-electron chi connectivity index (χ0n) is 13.1. The summed E-state index contributed by atoms with van der Waals surface area (Å²) in [7, 11) is 1.67. The summed E-state index contributed by atoms with van der Waals surface area (Å²) in [5.74, 6) is 0.851. The van der Waals surface area contributed by atoms with Gasteiger partial charge in [0.05, 0.1) is 17.8 Å². The Kier molecular flexibility index (Phi) is 6.44. The Morgan fingerprint density at radius 3 is 2.61 bits per heavy atom. The van der Waals surface area contributed by atoms with E-state index in [1.807, 2.05) is 55.5 Å². The molecule has 0 aliphatic heterocycles. The second-order valence-electron chi connectivity index (χ2n) is 5.02. The van der Waals surface area contributed by atoms with Crippen molar-refractivity contribution in [1.82, 2.24) is 5.32 Å². The third-order valence-electron chi connectivity index (χ3n) is 3.19. The van der Waals surface area contributed by atoms with Gasteiger partial charge in [0.1, 0.15) is 5.75 Å². The molecule has 0 spiro atoms. The normalized spacial score (nSPS) is 11.0. The van der Waals surface area contributed by atoms with E-state index in [-0.39, 0.29) is 0 Å². The molecule has 2 N–H and O–H groups in total. The number of rotatable bonds is 5. The van der Waals surface area contributed by atoms with E-state index in [0.29, 0.717) is 16.7 Å². The standard InChI is InChI=1S/C18H19ClN2OS/c1-13(11-14-7-3-6-10-17(14)22-2)12-20-18(23)21-16-9-5-4-8-15(16)19/h3-11H,12H2,1-2H3,(H2,20,21,23)/b13-11+. The molecule has 0 amide bonds. The van der Waals surface area contributed by atoms with Crippen molar-refractivity contribution in [1.29, 1.82) is 0 Å². The van der Waals surface area contributed by atoms with Crippen molar-refractivity contribution in [2.24, 2.45) is 0 Å². The molecule has 0 radical (unpaired) electrons. The number of anilines is 1. The van der Waals surface area contributed by atoms with E-state index >= 15 is 0 Å². The van der Waals surface area contributed by atoms with Crippen molar-refractivity contribution in [2.45, 2.75) is 6.92 Å². The summed E-state index contributed by atoms with van der Waals surface area (Å²) in [4.78, 5) is 0. The Morgan fingerprint density at radius 2 is 1.87 bits per heavy atom. The van der Waals surface area contributed by atoms with Crippen LogP contribution < -0.4 is 15.4 Å². The first-order valence-electron chi connectivity index (χ1n) is 7.19. The van der Waals surface area contributed by atoms with Crippen molar-refractivity contribution in [3.8, 4) is 5.75 Å². The molecule has 23 heavy (non-hydrogen) atoms. The molecule has 0 heterocycles. The minimum Gasteiger partial charge on any atom is -0.496 e. The minimum absolute atomic E-state index is 0.533. The van der Waals surface area contributed by atoms with E-state index in [1.54, 1.807) is 7.11 Å². The summed E-state index contributed by atoms with van der Waals surface area (Å²) >= 11 is 11.4. The van der Waals surface area contributed by atoms with Gasteiger partial charge in [0.2, 0.25) is 0 Å². The number of halogens is 1. The SMILES string of the molecule is COc1ccccc1/C=C(\C)CNC(=S)Nc1ccccc1Cl. The Labute approximate surface area is 147 Å². The zero-order chi connectivity index (χ0) is 16.7. The summed E-state index contributed by atoms with van der Waals surface area (Å²) in [6.45, 7) is 2.67. The van der Waals surface area contributed by atoms with Gasteiger partial charge >= 0.3 is 0 Å². The van der Waals surface area contributed by atoms with Gasteiger partial charge in [-0.25, -0.2) is 0 Å². The van der Waals surface area contributed by atoms with Crippen LogP contribution in [0.25, 0.3) is 6.08 Å². The molecule has 5 heteroatoms. The molecule has 0 unspecified atom stereocenters. The molecule has 2 rings (SSSR count). The molecular formula is C18H19ClN2OS. The summed E-state index contributed by atoms with van der Waals surface area (Å²) in [5, 5.41) is 7.43. The fraction of sp³-hybridized carbons (Fsp3) is 0.167. The monoisotopic (exact) mass is 346 g/mol. The maximum Gasteiger partial charge on any atom is 0.171 e. The van der Waals surface area contributed by atoms with Gasteiger partial charge in [-0.15, -0.1) is 0 Å². The maximum absolute atomic E-state index is 6.10. The topological polar surface area (TPSA) is 33.3 Å². The van der Waals surface area contributed by atoms with Gasteiger partial charge in [-0.1, -0.05) is 53.6 Å². The van der Waals surface area contributed by atoms with Crippen LogP contribution in [-0.4, -0.2) is 18.8 Å². The highest BCUT2D eigenvalue weighted by atomic mass is 35.5. The molecule has 2 aromatic carbocycles. The summed E-state index contributed by atoms with van der Waals surface area (Å²) < 4.78 is 5.35.